The second-order valence-electron chi connectivity index (χ2n) is 2.96. The van der Waals surface area contributed by atoms with Crippen molar-refractivity contribution in [1.29, 1.82) is 0 Å². The van der Waals surface area contributed by atoms with Gasteiger partial charge in [-0.25, -0.2) is 0 Å². The Morgan fingerprint density at radius 3 is 3.10 bits per heavy atom. The molecule has 0 saturated heterocycles. The van der Waals surface area contributed by atoms with Crippen LogP contribution in [0.5, 0.6) is 0 Å². The van der Waals surface area contributed by atoms with Crippen molar-refractivity contribution in [3.8, 4) is 0 Å². The van der Waals surface area contributed by atoms with Crippen LogP contribution in [0.1, 0.15) is 23.7 Å². The number of hydrogen-bond acceptors (Lipinski definition) is 1. The maximum atomic E-state index is 9.38. The molecule has 1 heterocycles. The molecule has 0 radical (unpaired) electrons. The molecular formula is C8H11NO. The van der Waals surface area contributed by atoms with Gasteiger partial charge in [0.15, 0.2) is 0 Å². The highest BCUT2D eigenvalue weighted by Gasteiger charge is 2.20. The zero-order valence-electron chi connectivity index (χ0n) is 6.04. The van der Waals surface area contributed by atoms with Crippen LogP contribution in [0.25, 0.3) is 0 Å². The Morgan fingerprint density at radius 1 is 1.60 bits per heavy atom. The van der Waals surface area contributed by atoms with Gasteiger partial charge in [0, 0.05) is 25.0 Å². The van der Waals surface area contributed by atoms with E-state index in [-0.39, 0.29) is 6.10 Å². The molecule has 1 aromatic heterocycles. The maximum absolute atomic E-state index is 9.38. The minimum Gasteiger partial charge on any atom is -0.388 e. The van der Waals surface area contributed by atoms with Crippen molar-refractivity contribution in [2.45, 2.75) is 18.9 Å². The van der Waals surface area contributed by atoms with E-state index in [2.05, 4.69) is 6.20 Å². The van der Waals surface area contributed by atoms with Gasteiger partial charge in [-0.3, -0.25) is 0 Å². The third-order valence-corrected chi connectivity index (χ3v) is 2.12. The number of nitrogens with zero attached hydrogens (tertiary/aromatic N) is 1. The van der Waals surface area contributed by atoms with Crippen LogP contribution in [0.2, 0.25) is 0 Å². The van der Waals surface area contributed by atoms with Crippen LogP contribution < -0.4 is 0 Å². The second kappa shape index (κ2) is 1.86. The first-order valence-corrected chi connectivity index (χ1v) is 3.60. The van der Waals surface area contributed by atoms with Crippen molar-refractivity contribution in [3.05, 3.63) is 23.5 Å². The van der Waals surface area contributed by atoms with Crippen LogP contribution >= 0.6 is 0 Å². The summed E-state index contributed by atoms with van der Waals surface area (Å²) >= 11 is 0. The molecule has 0 aromatic carbocycles. The number of hydrogen-bond donors (Lipinski definition) is 1. The molecule has 54 valence electrons. The van der Waals surface area contributed by atoms with E-state index in [1.54, 1.807) is 0 Å². The summed E-state index contributed by atoms with van der Waals surface area (Å²) in [5.74, 6) is 0. The normalized spacial score (nSPS) is 23.2. The van der Waals surface area contributed by atoms with Crippen molar-refractivity contribution < 1.29 is 5.11 Å². The summed E-state index contributed by atoms with van der Waals surface area (Å²) in [4.78, 5) is 0. The molecule has 2 nitrogen and oxygen atoms in total. The van der Waals surface area contributed by atoms with E-state index in [0.29, 0.717) is 0 Å². The van der Waals surface area contributed by atoms with Crippen LogP contribution in [-0.4, -0.2) is 9.67 Å². The van der Waals surface area contributed by atoms with Crippen molar-refractivity contribution in [3.63, 3.8) is 0 Å². The molecule has 0 spiro atoms. The van der Waals surface area contributed by atoms with Crippen LogP contribution in [0.15, 0.2) is 12.4 Å². The Labute approximate surface area is 60.1 Å². The third-order valence-electron chi connectivity index (χ3n) is 2.12. The van der Waals surface area contributed by atoms with E-state index in [1.807, 2.05) is 17.8 Å². The van der Waals surface area contributed by atoms with Gasteiger partial charge >= 0.3 is 0 Å². The van der Waals surface area contributed by atoms with E-state index in [1.165, 1.54) is 5.56 Å². The molecule has 0 amide bonds. The van der Waals surface area contributed by atoms with Gasteiger partial charge in [-0.05, 0) is 18.4 Å². The van der Waals surface area contributed by atoms with E-state index in [0.717, 1.165) is 18.4 Å². The zero-order valence-corrected chi connectivity index (χ0v) is 6.04. The summed E-state index contributed by atoms with van der Waals surface area (Å²) in [6, 6.07) is 0. The van der Waals surface area contributed by atoms with Gasteiger partial charge in [-0.2, -0.15) is 0 Å². The minimum atomic E-state index is -0.198. The lowest BCUT2D eigenvalue weighted by molar-refractivity contribution is 0.179. The molecule has 10 heavy (non-hydrogen) atoms. The fourth-order valence-electron chi connectivity index (χ4n) is 1.62. The highest BCUT2D eigenvalue weighted by Crippen LogP contribution is 2.30. The van der Waals surface area contributed by atoms with Gasteiger partial charge in [0.2, 0.25) is 0 Å². The lowest BCUT2D eigenvalue weighted by Crippen LogP contribution is -1.89. The summed E-state index contributed by atoms with van der Waals surface area (Å²) in [5, 5.41) is 9.38. The summed E-state index contributed by atoms with van der Waals surface area (Å²) < 4.78 is 2.01. The van der Waals surface area contributed by atoms with Crippen LogP contribution in [0, 0.1) is 0 Å². The molecule has 1 unspecified atom stereocenters. The Hall–Kier alpha value is -0.760. The largest absolute Gasteiger partial charge is 0.388 e. The highest BCUT2D eigenvalue weighted by atomic mass is 16.3. The first kappa shape index (κ1) is 5.98. The fourth-order valence-corrected chi connectivity index (χ4v) is 1.62. The standard InChI is InChI=1S/C8H11NO/c1-9-4-6-2-3-8(10)7(6)5-9/h4-5,8,10H,2-3H2,1H3. The van der Waals surface area contributed by atoms with Crippen molar-refractivity contribution in [2.75, 3.05) is 0 Å². The molecule has 1 N–H and O–H groups in total. The summed E-state index contributed by atoms with van der Waals surface area (Å²) in [6.07, 6.45) is 5.85. The number of aliphatic hydroxyl groups is 1. The number of rotatable bonds is 0. The van der Waals surface area contributed by atoms with Gasteiger partial charge in [-0.15, -0.1) is 0 Å². The van der Waals surface area contributed by atoms with Crippen molar-refractivity contribution in [1.82, 2.24) is 4.57 Å². The summed E-state index contributed by atoms with van der Waals surface area (Å²) in [6.45, 7) is 0. The predicted molar refractivity (Wildman–Crippen MR) is 38.7 cm³/mol. The van der Waals surface area contributed by atoms with Gasteiger partial charge in [-0.1, -0.05) is 0 Å². The van der Waals surface area contributed by atoms with Crippen molar-refractivity contribution in [2.24, 2.45) is 7.05 Å². The minimum absolute atomic E-state index is 0.198. The lowest BCUT2D eigenvalue weighted by Gasteiger charge is -1.97. The number of fused-ring (bicyclic) bond motifs is 1. The summed E-state index contributed by atoms with van der Waals surface area (Å²) in [7, 11) is 1.99. The second-order valence-corrected chi connectivity index (χ2v) is 2.96. The van der Waals surface area contributed by atoms with Gasteiger partial charge in [0.1, 0.15) is 0 Å². The Morgan fingerprint density at radius 2 is 2.40 bits per heavy atom. The fraction of sp³-hybridized carbons (Fsp3) is 0.500. The number of aryl methyl sites for hydroxylation is 2. The topological polar surface area (TPSA) is 25.2 Å². The average Bonchev–Trinajstić information content (AvgIpc) is 2.35. The number of aromatic nitrogens is 1. The van der Waals surface area contributed by atoms with Crippen LogP contribution in [0.4, 0.5) is 0 Å². The molecule has 1 aliphatic rings. The maximum Gasteiger partial charge on any atom is 0.0810 e. The van der Waals surface area contributed by atoms with Gasteiger partial charge in [0.25, 0.3) is 0 Å². The van der Waals surface area contributed by atoms with Crippen LogP contribution in [0.3, 0.4) is 0 Å². The van der Waals surface area contributed by atoms with E-state index in [4.69, 9.17) is 0 Å². The third kappa shape index (κ3) is 0.688. The Balaban J connectivity index is 2.49. The quantitative estimate of drug-likeness (QED) is 0.567. The molecular weight excluding hydrogens is 126 g/mol. The molecule has 0 aliphatic heterocycles. The van der Waals surface area contributed by atoms with Crippen LogP contribution in [-0.2, 0) is 13.5 Å². The highest BCUT2D eigenvalue weighted by molar-refractivity contribution is 5.30. The molecule has 2 rings (SSSR count). The lowest BCUT2D eigenvalue weighted by atomic mass is 10.2. The smallest absolute Gasteiger partial charge is 0.0810 e. The van der Waals surface area contributed by atoms with Crippen molar-refractivity contribution >= 4 is 0 Å². The Kier molecular flexibility index (Phi) is 1.11. The van der Waals surface area contributed by atoms with E-state index >= 15 is 0 Å². The molecule has 1 atom stereocenters. The Bertz CT molecular complexity index is 252. The SMILES string of the molecule is Cn1cc2c(c1)C(O)CC2. The van der Waals surface area contributed by atoms with Gasteiger partial charge < -0.3 is 9.67 Å². The molecule has 1 aromatic rings. The van der Waals surface area contributed by atoms with Gasteiger partial charge in [0.05, 0.1) is 6.10 Å². The molecule has 0 bridgehead atoms. The molecule has 0 saturated carbocycles. The van der Waals surface area contributed by atoms with E-state index in [9.17, 15) is 5.11 Å². The molecule has 0 fully saturated rings. The average molecular weight is 137 g/mol. The predicted octanol–water partition coefficient (Wildman–Crippen LogP) is 1.00. The first-order chi connectivity index (χ1) is 4.77. The molecule has 1 aliphatic carbocycles. The van der Waals surface area contributed by atoms with E-state index < -0.39 is 0 Å². The first-order valence-electron chi connectivity index (χ1n) is 3.60. The number of aliphatic hydroxyl groups excluding tert-OH is 1. The zero-order chi connectivity index (χ0) is 7.14. The molecule has 2 heteroatoms. The monoisotopic (exact) mass is 137 g/mol. The summed E-state index contributed by atoms with van der Waals surface area (Å²) in [5.41, 5.74) is 2.44.